The van der Waals surface area contributed by atoms with E-state index in [1.807, 2.05) is 18.3 Å². The van der Waals surface area contributed by atoms with Crippen molar-refractivity contribution < 1.29 is 14.2 Å². The van der Waals surface area contributed by atoms with E-state index in [-0.39, 0.29) is 6.04 Å². The zero-order valence-electron chi connectivity index (χ0n) is 16.6. The number of aryl methyl sites for hydroxylation is 1. The molecule has 0 bridgehead atoms. The van der Waals surface area contributed by atoms with E-state index in [2.05, 4.69) is 29.3 Å². The molecule has 6 nitrogen and oxygen atoms in total. The Balaban J connectivity index is 2.10. The number of aromatic nitrogens is 1. The molecule has 0 radical (unpaired) electrons. The van der Waals surface area contributed by atoms with Crippen LogP contribution in [-0.2, 0) is 0 Å². The van der Waals surface area contributed by atoms with Crippen molar-refractivity contribution in [3.05, 3.63) is 47.3 Å². The van der Waals surface area contributed by atoms with Crippen molar-refractivity contribution in [2.45, 2.75) is 19.4 Å². The van der Waals surface area contributed by atoms with Gasteiger partial charge in [0.25, 0.3) is 0 Å². The monoisotopic (exact) mass is 371 g/mol. The van der Waals surface area contributed by atoms with Gasteiger partial charge < -0.3 is 19.5 Å². The van der Waals surface area contributed by atoms with Crippen LogP contribution in [-0.4, -0.2) is 57.4 Å². The van der Waals surface area contributed by atoms with Crippen LogP contribution in [0.4, 0.5) is 0 Å². The van der Waals surface area contributed by atoms with Gasteiger partial charge >= 0.3 is 0 Å². The van der Waals surface area contributed by atoms with Crippen LogP contribution in [0.5, 0.6) is 17.2 Å². The summed E-state index contributed by atoms with van der Waals surface area (Å²) < 4.78 is 16.7. The van der Waals surface area contributed by atoms with Gasteiger partial charge in [-0.2, -0.15) is 0 Å². The Morgan fingerprint density at radius 2 is 1.74 bits per heavy atom. The number of hydrogen-bond acceptors (Lipinski definition) is 6. The number of rotatable bonds is 6. The first-order valence-electron chi connectivity index (χ1n) is 9.35. The van der Waals surface area contributed by atoms with Crippen molar-refractivity contribution in [3.63, 3.8) is 0 Å². The maximum atomic E-state index is 5.58. The van der Waals surface area contributed by atoms with Gasteiger partial charge in [0, 0.05) is 25.8 Å². The molecule has 1 saturated heterocycles. The summed E-state index contributed by atoms with van der Waals surface area (Å²) in [5.41, 5.74) is 3.26. The van der Waals surface area contributed by atoms with Gasteiger partial charge in [0.15, 0.2) is 11.5 Å². The largest absolute Gasteiger partial charge is 0.493 e. The molecule has 1 aliphatic heterocycles. The van der Waals surface area contributed by atoms with E-state index >= 15 is 0 Å². The lowest BCUT2D eigenvalue weighted by Crippen LogP contribution is -2.33. The third-order valence-electron chi connectivity index (χ3n) is 4.96. The molecule has 1 unspecified atom stereocenters. The lowest BCUT2D eigenvalue weighted by atomic mass is 9.99. The standard InChI is InChI=1S/C21H29N3O3/c1-15-6-7-17(23-14-15)20(24-10-5-8-22-9-11-24)16-12-18(25-2)21(27-4)19(13-16)26-3/h6-7,12-14,20,22H,5,8-11H2,1-4H3. The zero-order chi connectivity index (χ0) is 19.2. The van der Waals surface area contributed by atoms with E-state index in [0.29, 0.717) is 17.2 Å². The molecule has 1 fully saturated rings. The first-order chi connectivity index (χ1) is 13.2. The fourth-order valence-electron chi connectivity index (χ4n) is 3.59. The minimum Gasteiger partial charge on any atom is -0.493 e. The van der Waals surface area contributed by atoms with Crippen LogP contribution in [0.15, 0.2) is 30.5 Å². The molecular formula is C21H29N3O3. The van der Waals surface area contributed by atoms with Crippen molar-refractivity contribution in [2.75, 3.05) is 47.5 Å². The van der Waals surface area contributed by atoms with Gasteiger partial charge in [-0.25, -0.2) is 0 Å². The van der Waals surface area contributed by atoms with E-state index in [1.165, 1.54) is 0 Å². The highest BCUT2D eigenvalue weighted by Gasteiger charge is 2.27. The quantitative estimate of drug-likeness (QED) is 0.843. The molecule has 1 N–H and O–H groups in total. The second-order valence-electron chi connectivity index (χ2n) is 6.76. The summed E-state index contributed by atoms with van der Waals surface area (Å²) in [6.45, 7) is 6.02. The lowest BCUT2D eigenvalue weighted by Gasteiger charge is -2.31. The van der Waals surface area contributed by atoms with E-state index in [4.69, 9.17) is 19.2 Å². The van der Waals surface area contributed by atoms with Gasteiger partial charge in [0.2, 0.25) is 5.75 Å². The van der Waals surface area contributed by atoms with E-state index in [9.17, 15) is 0 Å². The van der Waals surface area contributed by atoms with Crippen LogP contribution >= 0.6 is 0 Å². The van der Waals surface area contributed by atoms with Crippen molar-refractivity contribution in [1.82, 2.24) is 15.2 Å². The smallest absolute Gasteiger partial charge is 0.203 e. The van der Waals surface area contributed by atoms with Crippen molar-refractivity contribution in [1.29, 1.82) is 0 Å². The summed E-state index contributed by atoms with van der Waals surface area (Å²) in [5.74, 6) is 1.94. The SMILES string of the molecule is COc1cc(C(c2ccc(C)cn2)N2CCCNCC2)cc(OC)c1OC. The summed E-state index contributed by atoms with van der Waals surface area (Å²) in [5, 5.41) is 3.48. The Kier molecular flexibility index (Phi) is 6.53. The van der Waals surface area contributed by atoms with Gasteiger partial charge in [-0.15, -0.1) is 0 Å². The summed E-state index contributed by atoms with van der Waals surface area (Å²) in [6.07, 6.45) is 3.03. The number of ether oxygens (including phenoxy) is 3. The van der Waals surface area contributed by atoms with E-state index < -0.39 is 0 Å². The van der Waals surface area contributed by atoms with Gasteiger partial charge in [0.05, 0.1) is 33.1 Å². The summed E-state index contributed by atoms with van der Waals surface area (Å²) in [6, 6.07) is 8.32. The Labute approximate surface area is 161 Å². The highest BCUT2D eigenvalue weighted by molar-refractivity contribution is 5.55. The van der Waals surface area contributed by atoms with Crippen molar-refractivity contribution in [3.8, 4) is 17.2 Å². The predicted octanol–water partition coefficient (Wildman–Crippen LogP) is 2.80. The second-order valence-corrected chi connectivity index (χ2v) is 6.76. The van der Waals surface area contributed by atoms with Crippen molar-refractivity contribution in [2.24, 2.45) is 0 Å². The molecule has 1 aromatic heterocycles. The number of benzene rings is 1. The van der Waals surface area contributed by atoms with Gasteiger partial charge in [-0.05, 0) is 49.2 Å². The maximum absolute atomic E-state index is 5.58. The third-order valence-corrected chi connectivity index (χ3v) is 4.96. The number of pyridine rings is 1. The van der Waals surface area contributed by atoms with Gasteiger partial charge in [-0.1, -0.05) is 6.07 Å². The Morgan fingerprint density at radius 3 is 2.33 bits per heavy atom. The van der Waals surface area contributed by atoms with Crippen LogP contribution < -0.4 is 19.5 Å². The second kappa shape index (κ2) is 9.06. The molecule has 27 heavy (non-hydrogen) atoms. The molecule has 6 heteroatoms. The Hall–Kier alpha value is -2.31. The highest BCUT2D eigenvalue weighted by atomic mass is 16.5. The van der Waals surface area contributed by atoms with Crippen molar-refractivity contribution >= 4 is 0 Å². The zero-order valence-corrected chi connectivity index (χ0v) is 16.6. The molecule has 0 saturated carbocycles. The summed E-state index contributed by atoms with van der Waals surface area (Å²) in [4.78, 5) is 7.21. The molecule has 1 aliphatic rings. The number of nitrogens with one attached hydrogen (secondary N) is 1. The predicted molar refractivity (Wildman–Crippen MR) is 106 cm³/mol. The van der Waals surface area contributed by atoms with Gasteiger partial charge in [-0.3, -0.25) is 9.88 Å². The van der Waals surface area contributed by atoms with Crippen LogP contribution in [0.2, 0.25) is 0 Å². The van der Waals surface area contributed by atoms with E-state index in [0.717, 1.165) is 49.4 Å². The molecule has 1 aromatic carbocycles. The molecule has 3 rings (SSSR count). The maximum Gasteiger partial charge on any atom is 0.203 e. The molecule has 0 spiro atoms. The van der Waals surface area contributed by atoms with Gasteiger partial charge in [0.1, 0.15) is 0 Å². The molecule has 2 aromatic rings. The molecule has 0 aliphatic carbocycles. The normalized spacial score (nSPS) is 16.4. The summed E-state index contributed by atoms with van der Waals surface area (Å²) in [7, 11) is 4.92. The number of hydrogen-bond donors (Lipinski definition) is 1. The first-order valence-corrected chi connectivity index (χ1v) is 9.35. The first kappa shape index (κ1) is 19.5. The fraction of sp³-hybridized carbons (Fsp3) is 0.476. The average molecular weight is 371 g/mol. The fourth-order valence-corrected chi connectivity index (χ4v) is 3.59. The molecule has 146 valence electrons. The topological polar surface area (TPSA) is 55.9 Å². The van der Waals surface area contributed by atoms with Crippen LogP contribution in [0.1, 0.15) is 29.3 Å². The van der Waals surface area contributed by atoms with Crippen LogP contribution in [0.25, 0.3) is 0 Å². The average Bonchev–Trinajstić information content (AvgIpc) is 2.98. The Morgan fingerprint density at radius 1 is 1.00 bits per heavy atom. The van der Waals surface area contributed by atoms with Crippen LogP contribution in [0, 0.1) is 6.92 Å². The minimum atomic E-state index is 0.0270. The lowest BCUT2D eigenvalue weighted by molar-refractivity contribution is 0.235. The Bertz CT molecular complexity index is 716. The minimum absolute atomic E-state index is 0.0270. The van der Waals surface area contributed by atoms with Crippen LogP contribution in [0.3, 0.4) is 0 Å². The third kappa shape index (κ3) is 4.34. The molecule has 2 heterocycles. The molecule has 0 amide bonds. The van der Waals surface area contributed by atoms with E-state index in [1.54, 1.807) is 21.3 Å². The molecule has 1 atom stereocenters. The highest BCUT2D eigenvalue weighted by Crippen LogP contribution is 2.42. The molecular weight excluding hydrogens is 342 g/mol. The number of methoxy groups -OCH3 is 3. The summed E-state index contributed by atoms with van der Waals surface area (Å²) >= 11 is 0. The number of nitrogens with zero attached hydrogens (tertiary/aromatic N) is 2.